The van der Waals surface area contributed by atoms with Crippen molar-refractivity contribution in [2.24, 2.45) is 5.92 Å². The van der Waals surface area contributed by atoms with Crippen LogP contribution in [0.2, 0.25) is 0 Å². The standard InChI is InChI=1S/C12H22O2/c1-6-9(2)7-12(14-5)8-10(3)11(4)13/h8-9,12H,6-7H2,1-5H3. The van der Waals surface area contributed by atoms with Crippen LogP contribution in [0.25, 0.3) is 0 Å². The first-order chi connectivity index (χ1) is 6.51. The summed E-state index contributed by atoms with van der Waals surface area (Å²) in [4.78, 5) is 11.0. The Balaban J connectivity index is 4.28. The van der Waals surface area contributed by atoms with Crippen LogP contribution in [-0.4, -0.2) is 19.0 Å². The second kappa shape index (κ2) is 6.77. The van der Waals surface area contributed by atoms with Gasteiger partial charge in [-0.25, -0.2) is 0 Å². The van der Waals surface area contributed by atoms with Crippen molar-refractivity contribution >= 4 is 5.78 Å². The van der Waals surface area contributed by atoms with Crippen LogP contribution in [0.15, 0.2) is 11.6 Å². The molecule has 2 nitrogen and oxygen atoms in total. The van der Waals surface area contributed by atoms with Crippen LogP contribution in [0.1, 0.15) is 40.5 Å². The summed E-state index contributed by atoms with van der Waals surface area (Å²) in [5, 5.41) is 0. The van der Waals surface area contributed by atoms with Gasteiger partial charge in [0.2, 0.25) is 0 Å². The van der Waals surface area contributed by atoms with E-state index in [-0.39, 0.29) is 11.9 Å². The van der Waals surface area contributed by atoms with Gasteiger partial charge in [-0.05, 0) is 37.8 Å². The minimum atomic E-state index is 0.0776. The number of hydrogen-bond acceptors (Lipinski definition) is 2. The Morgan fingerprint density at radius 2 is 2.00 bits per heavy atom. The van der Waals surface area contributed by atoms with E-state index >= 15 is 0 Å². The molecule has 0 aromatic carbocycles. The largest absolute Gasteiger partial charge is 0.377 e. The van der Waals surface area contributed by atoms with Gasteiger partial charge in [0, 0.05) is 7.11 Å². The molecule has 0 bridgehead atoms. The Kier molecular flexibility index (Phi) is 6.46. The van der Waals surface area contributed by atoms with Gasteiger partial charge >= 0.3 is 0 Å². The van der Waals surface area contributed by atoms with Gasteiger partial charge in [0.25, 0.3) is 0 Å². The molecule has 0 heterocycles. The summed E-state index contributed by atoms with van der Waals surface area (Å²) < 4.78 is 5.32. The maximum absolute atomic E-state index is 11.0. The predicted octanol–water partition coefficient (Wildman–Crippen LogP) is 2.97. The lowest BCUT2D eigenvalue weighted by Crippen LogP contribution is -2.13. The Labute approximate surface area is 87.3 Å². The minimum Gasteiger partial charge on any atom is -0.377 e. The van der Waals surface area contributed by atoms with Gasteiger partial charge in [0.05, 0.1) is 6.10 Å². The van der Waals surface area contributed by atoms with E-state index in [4.69, 9.17) is 4.74 Å². The van der Waals surface area contributed by atoms with Crippen LogP contribution in [-0.2, 0) is 9.53 Å². The van der Waals surface area contributed by atoms with Crippen molar-refractivity contribution in [1.29, 1.82) is 0 Å². The Bertz CT molecular complexity index is 206. The molecular formula is C12H22O2. The van der Waals surface area contributed by atoms with Gasteiger partial charge in [0.1, 0.15) is 0 Å². The van der Waals surface area contributed by atoms with Gasteiger partial charge < -0.3 is 4.74 Å². The molecule has 0 radical (unpaired) electrons. The van der Waals surface area contributed by atoms with Gasteiger partial charge in [-0.15, -0.1) is 0 Å². The zero-order valence-electron chi connectivity index (χ0n) is 9.96. The van der Waals surface area contributed by atoms with Gasteiger partial charge in [0.15, 0.2) is 5.78 Å². The number of methoxy groups -OCH3 is 1. The molecule has 82 valence electrons. The third kappa shape index (κ3) is 5.18. The van der Waals surface area contributed by atoms with Crippen LogP contribution >= 0.6 is 0 Å². The van der Waals surface area contributed by atoms with Gasteiger partial charge in [-0.2, -0.15) is 0 Å². The van der Waals surface area contributed by atoms with Crippen molar-refractivity contribution in [1.82, 2.24) is 0 Å². The topological polar surface area (TPSA) is 26.3 Å². The number of allylic oxidation sites excluding steroid dienone is 1. The third-order valence-corrected chi connectivity index (χ3v) is 2.63. The van der Waals surface area contributed by atoms with Crippen molar-refractivity contribution in [3.05, 3.63) is 11.6 Å². The van der Waals surface area contributed by atoms with Gasteiger partial charge in [-0.3, -0.25) is 4.79 Å². The van der Waals surface area contributed by atoms with Crippen molar-refractivity contribution in [2.45, 2.75) is 46.6 Å². The molecule has 0 N–H and O–H groups in total. The SMILES string of the molecule is CCC(C)CC(C=C(C)C(C)=O)OC. The molecule has 2 unspecified atom stereocenters. The van der Waals surface area contributed by atoms with E-state index < -0.39 is 0 Å². The minimum absolute atomic E-state index is 0.0776. The summed E-state index contributed by atoms with van der Waals surface area (Å²) in [5.74, 6) is 0.757. The molecule has 0 spiro atoms. The van der Waals surface area contributed by atoms with E-state index in [1.54, 1.807) is 14.0 Å². The zero-order valence-corrected chi connectivity index (χ0v) is 9.96. The molecule has 14 heavy (non-hydrogen) atoms. The first-order valence-corrected chi connectivity index (χ1v) is 5.23. The fourth-order valence-electron chi connectivity index (χ4n) is 1.19. The van der Waals surface area contributed by atoms with Crippen molar-refractivity contribution in [3.8, 4) is 0 Å². The zero-order chi connectivity index (χ0) is 11.1. The molecule has 0 amide bonds. The molecular weight excluding hydrogens is 176 g/mol. The van der Waals surface area contributed by atoms with E-state index in [9.17, 15) is 4.79 Å². The third-order valence-electron chi connectivity index (χ3n) is 2.63. The maximum atomic E-state index is 11.0. The summed E-state index contributed by atoms with van der Waals surface area (Å²) in [6, 6.07) is 0. The Morgan fingerprint density at radius 1 is 1.43 bits per heavy atom. The molecule has 0 fully saturated rings. The van der Waals surface area contributed by atoms with Crippen LogP contribution in [0.5, 0.6) is 0 Å². The number of rotatable bonds is 6. The second-order valence-corrected chi connectivity index (χ2v) is 3.93. The molecule has 0 aliphatic carbocycles. The average molecular weight is 198 g/mol. The summed E-state index contributed by atoms with van der Waals surface area (Å²) in [6.45, 7) is 7.79. The van der Waals surface area contributed by atoms with E-state index in [0.29, 0.717) is 5.92 Å². The predicted molar refractivity (Wildman–Crippen MR) is 59.3 cm³/mol. The lowest BCUT2D eigenvalue weighted by Gasteiger charge is -2.16. The Morgan fingerprint density at radius 3 is 2.36 bits per heavy atom. The molecule has 2 heteroatoms. The van der Waals surface area contributed by atoms with Gasteiger partial charge in [-0.1, -0.05) is 20.3 Å². The molecule has 2 atom stereocenters. The van der Waals surface area contributed by atoms with E-state index in [1.165, 1.54) is 0 Å². The maximum Gasteiger partial charge on any atom is 0.155 e. The molecule has 0 saturated carbocycles. The highest BCUT2D eigenvalue weighted by Crippen LogP contribution is 2.14. The number of carbonyl (C=O) groups excluding carboxylic acids is 1. The number of hydrogen-bond donors (Lipinski definition) is 0. The van der Waals surface area contributed by atoms with E-state index in [2.05, 4.69) is 13.8 Å². The van der Waals surface area contributed by atoms with E-state index in [1.807, 2.05) is 13.0 Å². The molecule has 0 rings (SSSR count). The van der Waals surface area contributed by atoms with Crippen LogP contribution in [0.4, 0.5) is 0 Å². The average Bonchev–Trinajstić information content (AvgIpc) is 2.16. The number of ketones is 1. The normalized spacial score (nSPS) is 16.5. The monoisotopic (exact) mass is 198 g/mol. The van der Waals surface area contributed by atoms with Crippen LogP contribution in [0, 0.1) is 5.92 Å². The molecule has 0 aliphatic heterocycles. The number of Topliss-reactive ketones (excluding diaryl/α,β-unsaturated/α-hetero) is 1. The summed E-state index contributed by atoms with van der Waals surface area (Å²) in [7, 11) is 1.69. The van der Waals surface area contributed by atoms with Crippen molar-refractivity contribution < 1.29 is 9.53 Å². The smallest absolute Gasteiger partial charge is 0.155 e. The first-order valence-electron chi connectivity index (χ1n) is 5.23. The van der Waals surface area contributed by atoms with E-state index in [0.717, 1.165) is 18.4 Å². The quantitative estimate of drug-likeness (QED) is 0.613. The molecule has 0 aliphatic rings. The lowest BCUT2D eigenvalue weighted by atomic mass is 9.99. The highest BCUT2D eigenvalue weighted by Gasteiger charge is 2.10. The summed E-state index contributed by atoms with van der Waals surface area (Å²) >= 11 is 0. The molecule has 0 aromatic heterocycles. The van der Waals surface area contributed by atoms with Crippen molar-refractivity contribution in [3.63, 3.8) is 0 Å². The van der Waals surface area contributed by atoms with Crippen molar-refractivity contribution in [2.75, 3.05) is 7.11 Å². The Hall–Kier alpha value is -0.630. The summed E-state index contributed by atoms with van der Waals surface area (Å²) in [6.07, 6.45) is 4.13. The number of carbonyl (C=O) groups is 1. The first kappa shape index (κ1) is 13.4. The second-order valence-electron chi connectivity index (χ2n) is 3.93. The lowest BCUT2D eigenvalue weighted by molar-refractivity contribution is -0.113. The van der Waals surface area contributed by atoms with Crippen LogP contribution < -0.4 is 0 Å². The fraction of sp³-hybridized carbons (Fsp3) is 0.750. The number of ether oxygens (including phenoxy) is 1. The highest BCUT2D eigenvalue weighted by molar-refractivity contribution is 5.92. The highest BCUT2D eigenvalue weighted by atomic mass is 16.5. The molecule has 0 saturated heterocycles. The summed E-state index contributed by atoms with van der Waals surface area (Å²) in [5.41, 5.74) is 0.792. The van der Waals surface area contributed by atoms with Crippen LogP contribution in [0.3, 0.4) is 0 Å². The molecule has 0 aromatic rings. The fourth-order valence-corrected chi connectivity index (χ4v) is 1.19.